The summed E-state index contributed by atoms with van der Waals surface area (Å²) in [5, 5.41) is 7.31. The van der Waals surface area contributed by atoms with Gasteiger partial charge in [-0.2, -0.15) is 16.9 Å². The van der Waals surface area contributed by atoms with Crippen molar-refractivity contribution in [3.05, 3.63) is 21.0 Å². The van der Waals surface area contributed by atoms with Gasteiger partial charge in [0.1, 0.15) is 4.47 Å². The first-order valence-electron chi connectivity index (χ1n) is 5.68. The Kier molecular flexibility index (Phi) is 7.38. The summed E-state index contributed by atoms with van der Waals surface area (Å²) >= 11 is 5.12. The normalized spacial score (nSPS) is 10.6. The van der Waals surface area contributed by atoms with Crippen LogP contribution in [0.15, 0.2) is 15.5 Å². The van der Waals surface area contributed by atoms with E-state index in [1.54, 1.807) is 13.3 Å². The zero-order valence-corrected chi connectivity index (χ0v) is 13.0. The zero-order valence-electron chi connectivity index (χ0n) is 10.6. The first-order chi connectivity index (χ1) is 8.70. The molecule has 0 aliphatic heterocycles. The van der Waals surface area contributed by atoms with E-state index in [2.05, 4.69) is 32.6 Å². The molecule has 102 valence electrons. The summed E-state index contributed by atoms with van der Waals surface area (Å²) in [6, 6.07) is 0. The highest BCUT2D eigenvalue weighted by Crippen LogP contribution is 2.16. The molecule has 0 atom stereocenters. The van der Waals surface area contributed by atoms with Crippen LogP contribution in [0.2, 0.25) is 0 Å². The Balaban J connectivity index is 2.65. The number of ether oxygens (including phenoxy) is 1. The van der Waals surface area contributed by atoms with Gasteiger partial charge in [0.05, 0.1) is 25.0 Å². The van der Waals surface area contributed by atoms with Crippen molar-refractivity contribution in [1.82, 2.24) is 9.78 Å². The first kappa shape index (κ1) is 15.5. The molecule has 5 nitrogen and oxygen atoms in total. The number of hydrogen-bond donors (Lipinski definition) is 1. The quantitative estimate of drug-likeness (QED) is 0.734. The van der Waals surface area contributed by atoms with Gasteiger partial charge in [0.2, 0.25) is 0 Å². The van der Waals surface area contributed by atoms with Crippen LogP contribution in [0, 0.1) is 0 Å². The maximum Gasteiger partial charge on any atom is 0.283 e. The predicted molar refractivity (Wildman–Crippen MR) is 79.6 cm³/mol. The van der Waals surface area contributed by atoms with Gasteiger partial charge in [0, 0.05) is 13.7 Å². The Labute approximate surface area is 119 Å². The summed E-state index contributed by atoms with van der Waals surface area (Å²) in [7, 11) is 1.60. The average molecular weight is 336 g/mol. The second-order valence-electron chi connectivity index (χ2n) is 3.67. The van der Waals surface area contributed by atoms with Gasteiger partial charge in [0.15, 0.2) is 0 Å². The molecule has 0 aliphatic rings. The largest absolute Gasteiger partial charge is 0.383 e. The third-order valence-electron chi connectivity index (χ3n) is 2.33. The van der Waals surface area contributed by atoms with Crippen LogP contribution >= 0.6 is 27.7 Å². The number of hydrogen-bond acceptors (Lipinski definition) is 5. The predicted octanol–water partition coefficient (Wildman–Crippen LogP) is 1.82. The zero-order chi connectivity index (χ0) is 13.4. The average Bonchev–Trinajstić information content (AvgIpc) is 2.38. The van der Waals surface area contributed by atoms with Gasteiger partial charge in [-0.1, -0.05) is 0 Å². The minimum Gasteiger partial charge on any atom is -0.383 e. The fourth-order valence-corrected chi connectivity index (χ4v) is 2.25. The van der Waals surface area contributed by atoms with Crippen molar-refractivity contribution in [3.8, 4) is 0 Å². The number of methoxy groups -OCH3 is 1. The van der Waals surface area contributed by atoms with Gasteiger partial charge >= 0.3 is 0 Å². The lowest BCUT2D eigenvalue weighted by Gasteiger charge is -2.09. The molecule has 1 heterocycles. The van der Waals surface area contributed by atoms with E-state index in [-0.39, 0.29) is 5.56 Å². The molecule has 0 bridgehead atoms. The molecule has 0 saturated heterocycles. The fraction of sp³-hybridized carbons (Fsp3) is 0.636. The van der Waals surface area contributed by atoms with Crippen LogP contribution in [-0.2, 0) is 11.3 Å². The Morgan fingerprint density at radius 3 is 3.06 bits per heavy atom. The van der Waals surface area contributed by atoms with Crippen molar-refractivity contribution in [2.75, 3.05) is 37.6 Å². The molecule has 1 rings (SSSR count). The SMILES string of the molecule is COCCn1ncc(NCCCSC)c(Br)c1=O. The maximum atomic E-state index is 11.9. The number of nitrogens with zero attached hydrogens (tertiary/aromatic N) is 2. The third kappa shape index (κ3) is 4.62. The summed E-state index contributed by atoms with van der Waals surface area (Å²) < 4.78 is 6.84. The number of anilines is 1. The summed E-state index contributed by atoms with van der Waals surface area (Å²) in [5.74, 6) is 1.10. The van der Waals surface area contributed by atoms with Crippen LogP contribution in [-0.4, -0.2) is 42.1 Å². The van der Waals surface area contributed by atoms with E-state index >= 15 is 0 Å². The topological polar surface area (TPSA) is 56.1 Å². The van der Waals surface area contributed by atoms with E-state index in [1.807, 2.05) is 11.8 Å². The van der Waals surface area contributed by atoms with Gasteiger partial charge < -0.3 is 10.1 Å². The smallest absolute Gasteiger partial charge is 0.283 e. The van der Waals surface area contributed by atoms with Crippen LogP contribution < -0.4 is 10.9 Å². The Bertz CT molecular complexity index is 425. The first-order valence-corrected chi connectivity index (χ1v) is 7.86. The van der Waals surface area contributed by atoms with E-state index in [0.29, 0.717) is 17.6 Å². The van der Waals surface area contributed by atoms with Crippen LogP contribution in [0.3, 0.4) is 0 Å². The van der Waals surface area contributed by atoms with Gasteiger partial charge in [-0.05, 0) is 34.4 Å². The maximum absolute atomic E-state index is 11.9. The lowest BCUT2D eigenvalue weighted by atomic mass is 10.4. The van der Waals surface area contributed by atoms with Crippen molar-refractivity contribution in [3.63, 3.8) is 0 Å². The minimum atomic E-state index is -0.137. The van der Waals surface area contributed by atoms with Crippen molar-refractivity contribution in [2.24, 2.45) is 0 Å². The van der Waals surface area contributed by atoms with Crippen LogP contribution in [0.5, 0.6) is 0 Å². The Hall–Kier alpha value is -0.530. The molecular weight excluding hydrogens is 318 g/mol. The number of aromatic nitrogens is 2. The Morgan fingerprint density at radius 2 is 2.39 bits per heavy atom. The molecule has 0 unspecified atom stereocenters. The standard InChI is InChI=1S/C11H18BrN3O2S/c1-17-6-5-15-11(16)10(12)9(8-14-15)13-4-3-7-18-2/h8,13H,3-7H2,1-2H3. The number of nitrogens with one attached hydrogen (secondary N) is 1. The minimum absolute atomic E-state index is 0.137. The summed E-state index contributed by atoms with van der Waals surface area (Å²) in [6.45, 7) is 1.77. The number of rotatable bonds is 8. The monoisotopic (exact) mass is 335 g/mol. The molecule has 0 aromatic carbocycles. The van der Waals surface area contributed by atoms with Crippen molar-refractivity contribution < 1.29 is 4.74 Å². The van der Waals surface area contributed by atoms with E-state index < -0.39 is 0 Å². The van der Waals surface area contributed by atoms with Gasteiger partial charge in [-0.15, -0.1) is 0 Å². The van der Waals surface area contributed by atoms with Gasteiger partial charge in [-0.25, -0.2) is 4.68 Å². The highest BCUT2D eigenvalue weighted by Gasteiger charge is 2.07. The van der Waals surface area contributed by atoms with Crippen molar-refractivity contribution in [2.45, 2.75) is 13.0 Å². The molecular formula is C11H18BrN3O2S. The van der Waals surface area contributed by atoms with E-state index in [4.69, 9.17) is 4.74 Å². The molecule has 0 amide bonds. The van der Waals surface area contributed by atoms with Gasteiger partial charge in [0.25, 0.3) is 5.56 Å². The highest BCUT2D eigenvalue weighted by atomic mass is 79.9. The van der Waals surface area contributed by atoms with Crippen molar-refractivity contribution in [1.29, 1.82) is 0 Å². The second kappa shape index (κ2) is 8.55. The molecule has 0 radical (unpaired) electrons. The molecule has 0 saturated carbocycles. The lowest BCUT2D eigenvalue weighted by molar-refractivity contribution is 0.181. The van der Waals surface area contributed by atoms with Gasteiger partial charge in [-0.3, -0.25) is 4.79 Å². The molecule has 1 N–H and O–H groups in total. The van der Waals surface area contributed by atoms with E-state index in [9.17, 15) is 4.79 Å². The summed E-state index contributed by atoms with van der Waals surface area (Å²) in [4.78, 5) is 11.9. The molecule has 7 heteroatoms. The van der Waals surface area contributed by atoms with E-state index in [0.717, 1.165) is 24.4 Å². The van der Waals surface area contributed by atoms with E-state index in [1.165, 1.54) is 4.68 Å². The lowest BCUT2D eigenvalue weighted by Crippen LogP contribution is -2.26. The second-order valence-corrected chi connectivity index (χ2v) is 5.45. The van der Waals surface area contributed by atoms with Crippen LogP contribution in [0.4, 0.5) is 5.69 Å². The molecule has 1 aromatic heterocycles. The Morgan fingerprint density at radius 1 is 1.61 bits per heavy atom. The molecule has 0 aliphatic carbocycles. The molecule has 1 aromatic rings. The summed E-state index contributed by atoms with van der Waals surface area (Å²) in [6.07, 6.45) is 4.80. The molecule has 0 spiro atoms. The highest BCUT2D eigenvalue weighted by molar-refractivity contribution is 9.10. The molecule has 18 heavy (non-hydrogen) atoms. The van der Waals surface area contributed by atoms with Crippen LogP contribution in [0.25, 0.3) is 0 Å². The molecule has 0 fully saturated rings. The number of halogens is 1. The fourth-order valence-electron chi connectivity index (χ4n) is 1.36. The van der Waals surface area contributed by atoms with Crippen molar-refractivity contribution >= 4 is 33.4 Å². The van der Waals surface area contributed by atoms with Crippen LogP contribution in [0.1, 0.15) is 6.42 Å². The summed E-state index contributed by atoms with van der Waals surface area (Å²) in [5.41, 5.74) is 0.608. The third-order valence-corrected chi connectivity index (χ3v) is 3.80. The number of thioether (sulfide) groups is 1.